The highest BCUT2D eigenvalue weighted by Gasteiger charge is 2.61. The molecule has 0 aliphatic heterocycles. The van der Waals surface area contributed by atoms with Crippen molar-refractivity contribution >= 4 is 11.5 Å². The van der Waals surface area contributed by atoms with Gasteiger partial charge in [-0.2, -0.15) is 0 Å². The smallest absolute Gasteiger partial charge is 0.142 e. The summed E-state index contributed by atoms with van der Waals surface area (Å²) in [7, 11) is 0. The van der Waals surface area contributed by atoms with Crippen molar-refractivity contribution in [2.24, 2.45) is 29.1 Å². The van der Waals surface area contributed by atoms with Gasteiger partial charge in [0.2, 0.25) is 0 Å². The number of hydrogen-bond acceptors (Lipinski definition) is 2. The monoisotopic (exact) mass is 333 g/mol. The van der Waals surface area contributed by atoms with E-state index in [1.165, 1.54) is 5.56 Å². The van der Waals surface area contributed by atoms with Gasteiger partial charge in [0.05, 0.1) is 6.04 Å². The lowest BCUT2D eigenvalue weighted by molar-refractivity contribution is -0.131. The van der Waals surface area contributed by atoms with Crippen molar-refractivity contribution in [3.05, 3.63) is 66.2 Å². The first kappa shape index (κ1) is 16.4. The van der Waals surface area contributed by atoms with Gasteiger partial charge in [-0.05, 0) is 41.4 Å². The zero-order valence-electron chi connectivity index (χ0n) is 15.3. The Bertz CT molecular complexity index is 752. The SMILES string of the molecule is C[C@@H]1[C@H]2C[C@H]([C@H]([C@H](Nc3ccccc3)c3ccccc3)C2=O)C1(C)C. The van der Waals surface area contributed by atoms with Gasteiger partial charge in [0, 0.05) is 17.5 Å². The minimum atomic E-state index is 0.0397. The first-order chi connectivity index (χ1) is 12.0. The molecule has 2 heteroatoms. The second-order valence-corrected chi connectivity index (χ2v) is 8.39. The number of ketones is 1. The molecule has 0 amide bonds. The fourth-order valence-corrected chi connectivity index (χ4v) is 5.21. The molecule has 2 aliphatic carbocycles. The van der Waals surface area contributed by atoms with Crippen molar-refractivity contribution in [3.63, 3.8) is 0 Å². The standard InChI is InChI=1S/C23H27NO/c1-15-18-14-19(23(15,2)3)20(22(18)25)21(16-10-6-4-7-11-16)24-17-12-8-5-9-13-17/h4-13,15,18-21,24H,14H2,1-3H3/t15-,18-,19-,20-,21-/m1/s1. The van der Waals surface area contributed by atoms with Crippen LogP contribution >= 0.6 is 0 Å². The van der Waals surface area contributed by atoms with E-state index in [0.29, 0.717) is 17.6 Å². The molecule has 2 bridgehead atoms. The summed E-state index contributed by atoms with van der Waals surface area (Å²) in [6.07, 6.45) is 1.05. The van der Waals surface area contributed by atoms with Gasteiger partial charge in [-0.1, -0.05) is 69.3 Å². The fourth-order valence-electron chi connectivity index (χ4n) is 5.21. The largest absolute Gasteiger partial charge is 0.377 e. The Kier molecular flexibility index (Phi) is 3.94. The van der Waals surface area contributed by atoms with E-state index in [2.05, 4.69) is 62.5 Å². The third-order valence-electron chi connectivity index (χ3n) is 6.98. The Balaban J connectivity index is 1.73. The van der Waals surface area contributed by atoms with Gasteiger partial charge in [-0.15, -0.1) is 0 Å². The van der Waals surface area contributed by atoms with Gasteiger partial charge in [0.25, 0.3) is 0 Å². The molecule has 25 heavy (non-hydrogen) atoms. The second kappa shape index (κ2) is 6.01. The van der Waals surface area contributed by atoms with Gasteiger partial charge in [-0.3, -0.25) is 4.79 Å². The van der Waals surface area contributed by atoms with Crippen LogP contribution in [0, 0.1) is 29.1 Å². The summed E-state index contributed by atoms with van der Waals surface area (Å²) in [4.78, 5) is 13.2. The van der Waals surface area contributed by atoms with Crippen molar-refractivity contribution < 1.29 is 4.79 Å². The molecule has 0 spiro atoms. The molecule has 0 heterocycles. The van der Waals surface area contributed by atoms with Crippen molar-refractivity contribution in [1.29, 1.82) is 0 Å². The maximum absolute atomic E-state index is 13.2. The number of anilines is 1. The Labute approximate surface area is 150 Å². The molecule has 2 aromatic carbocycles. The van der Waals surface area contributed by atoms with E-state index in [4.69, 9.17) is 0 Å². The summed E-state index contributed by atoms with van der Waals surface area (Å²) in [6, 6.07) is 20.8. The van der Waals surface area contributed by atoms with Crippen molar-refractivity contribution in [2.45, 2.75) is 33.2 Å². The van der Waals surface area contributed by atoms with Crippen LogP contribution in [-0.2, 0) is 4.79 Å². The van der Waals surface area contributed by atoms with Crippen LogP contribution in [-0.4, -0.2) is 5.78 Å². The maximum atomic E-state index is 13.2. The summed E-state index contributed by atoms with van der Waals surface area (Å²) in [5, 5.41) is 3.68. The molecule has 2 aromatic rings. The first-order valence-corrected chi connectivity index (χ1v) is 9.40. The molecule has 2 aliphatic rings. The van der Waals surface area contributed by atoms with E-state index >= 15 is 0 Å². The first-order valence-electron chi connectivity index (χ1n) is 9.40. The molecule has 0 saturated heterocycles. The molecule has 0 aromatic heterocycles. The summed E-state index contributed by atoms with van der Waals surface area (Å²) in [5.41, 5.74) is 2.51. The quantitative estimate of drug-likeness (QED) is 0.818. The van der Waals surface area contributed by atoms with Crippen LogP contribution in [0.3, 0.4) is 0 Å². The average molecular weight is 333 g/mol. The van der Waals surface area contributed by atoms with Crippen LogP contribution in [0.2, 0.25) is 0 Å². The molecule has 2 fully saturated rings. The summed E-state index contributed by atoms with van der Waals surface area (Å²) >= 11 is 0. The molecular weight excluding hydrogens is 306 g/mol. The zero-order chi connectivity index (χ0) is 17.6. The zero-order valence-corrected chi connectivity index (χ0v) is 15.3. The van der Waals surface area contributed by atoms with E-state index in [0.717, 1.165) is 12.1 Å². The molecule has 0 unspecified atom stereocenters. The Hall–Kier alpha value is -2.09. The average Bonchev–Trinajstić information content (AvgIpc) is 3.08. The highest BCUT2D eigenvalue weighted by atomic mass is 16.1. The molecule has 4 rings (SSSR count). The number of carbonyl (C=O) groups excluding carboxylic acids is 1. The molecule has 1 N–H and O–H groups in total. The van der Waals surface area contributed by atoms with Crippen LogP contribution in [0.15, 0.2) is 60.7 Å². The van der Waals surface area contributed by atoms with E-state index in [1.54, 1.807) is 0 Å². The van der Waals surface area contributed by atoms with Crippen LogP contribution in [0.1, 0.15) is 38.8 Å². The van der Waals surface area contributed by atoms with Crippen molar-refractivity contribution in [2.75, 3.05) is 5.32 Å². The predicted molar refractivity (Wildman–Crippen MR) is 102 cm³/mol. The highest BCUT2D eigenvalue weighted by Crippen LogP contribution is 2.62. The van der Waals surface area contributed by atoms with Crippen molar-refractivity contribution in [3.8, 4) is 0 Å². The third-order valence-corrected chi connectivity index (χ3v) is 6.98. The fraction of sp³-hybridized carbons (Fsp3) is 0.435. The molecule has 5 atom stereocenters. The molecule has 2 nitrogen and oxygen atoms in total. The minimum absolute atomic E-state index is 0.0397. The topological polar surface area (TPSA) is 29.1 Å². The van der Waals surface area contributed by atoms with E-state index in [1.807, 2.05) is 24.3 Å². The van der Waals surface area contributed by atoms with Crippen LogP contribution < -0.4 is 5.32 Å². The van der Waals surface area contributed by atoms with E-state index in [-0.39, 0.29) is 23.3 Å². The lowest BCUT2D eigenvalue weighted by atomic mass is 9.62. The number of fused-ring (bicyclic) bond motifs is 2. The van der Waals surface area contributed by atoms with Crippen LogP contribution in [0.4, 0.5) is 5.69 Å². The number of carbonyl (C=O) groups is 1. The molecular formula is C23H27NO. The number of para-hydroxylation sites is 1. The lowest BCUT2D eigenvalue weighted by Gasteiger charge is -2.43. The van der Waals surface area contributed by atoms with Crippen molar-refractivity contribution in [1.82, 2.24) is 0 Å². The number of rotatable bonds is 4. The van der Waals surface area contributed by atoms with E-state index < -0.39 is 0 Å². The summed E-state index contributed by atoms with van der Waals surface area (Å²) in [6.45, 7) is 6.97. The Morgan fingerprint density at radius 3 is 2.20 bits per heavy atom. The maximum Gasteiger partial charge on any atom is 0.142 e. The highest BCUT2D eigenvalue weighted by molar-refractivity contribution is 5.89. The van der Waals surface area contributed by atoms with Gasteiger partial charge in [0.15, 0.2) is 0 Å². The van der Waals surface area contributed by atoms with Gasteiger partial charge in [0.1, 0.15) is 5.78 Å². The number of nitrogens with one attached hydrogen (secondary N) is 1. The van der Waals surface area contributed by atoms with Crippen LogP contribution in [0.5, 0.6) is 0 Å². The number of hydrogen-bond donors (Lipinski definition) is 1. The van der Waals surface area contributed by atoms with Gasteiger partial charge < -0.3 is 5.32 Å². The minimum Gasteiger partial charge on any atom is -0.377 e. The van der Waals surface area contributed by atoms with Gasteiger partial charge in [-0.25, -0.2) is 0 Å². The molecule has 2 saturated carbocycles. The molecule has 130 valence electrons. The summed E-state index contributed by atoms with van der Waals surface area (Å²) < 4.78 is 0. The van der Waals surface area contributed by atoms with Gasteiger partial charge >= 0.3 is 0 Å². The predicted octanol–water partition coefficient (Wildman–Crippen LogP) is 5.34. The van der Waals surface area contributed by atoms with E-state index in [9.17, 15) is 4.79 Å². The van der Waals surface area contributed by atoms with Crippen LogP contribution in [0.25, 0.3) is 0 Å². The summed E-state index contributed by atoms with van der Waals surface area (Å²) in [5.74, 6) is 1.68. The normalized spacial score (nSPS) is 31.1. The Morgan fingerprint density at radius 2 is 1.60 bits per heavy atom. The second-order valence-electron chi connectivity index (χ2n) is 8.39. The number of benzene rings is 2. The number of Topliss-reactive ketones (excluding diaryl/α,β-unsaturated/α-hetero) is 1. The third kappa shape index (κ3) is 2.59. The Morgan fingerprint density at radius 1 is 1.00 bits per heavy atom. The molecule has 0 radical (unpaired) electrons. The lowest BCUT2D eigenvalue weighted by Crippen LogP contribution is -2.43.